The van der Waals surface area contributed by atoms with Gasteiger partial charge in [0.25, 0.3) is 0 Å². The quantitative estimate of drug-likeness (QED) is 0.790. The molecule has 4 nitrogen and oxygen atoms in total. The van der Waals surface area contributed by atoms with Gasteiger partial charge in [0.1, 0.15) is 11.4 Å². The number of hydrogen-bond donors (Lipinski definition) is 2. The fraction of sp³-hybridized carbons (Fsp3) is 0.650. The lowest BCUT2D eigenvalue weighted by Crippen LogP contribution is -2.76. The van der Waals surface area contributed by atoms with Crippen molar-refractivity contribution in [2.45, 2.75) is 63.5 Å². The molecule has 1 amide bonds. The van der Waals surface area contributed by atoms with Crippen LogP contribution in [-0.2, 0) is 14.9 Å². The number of halogens is 2. The molecule has 0 saturated heterocycles. The minimum atomic E-state index is -0.902. The van der Waals surface area contributed by atoms with E-state index in [0.717, 1.165) is 24.8 Å². The van der Waals surface area contributed by atoms with Gasteiger partial charge < -0.3 is 15.8 Å². The summed E-state index contributed by atoms with van der Waals surface area (Å²) in [6.45, 7) is 7.12. The fourth-order valence-corrected chi connectivity index (χ4v) is 4.20. The van der Waals surface area contributed by atoms with Crippen LogP contribution in [0.5, 0.6) is 0 Å². The van der Waals surface area contributed by atoms with Crippen molar-refractivity contribution in [3.8, 4) is 0 Å². The van der Waals surface area contributed by atoms with E-state index in [0.29, 0.717) is 19.6 Å². The van der Waals surface area contributed by atoms with Crippen molar-refractivity contribution in [2.24, 2.45) is 11.1 Å². The molecule has 0 aromatic heterocycles. The molecule has 1 aromatic carbocycles. The van der Waals surface area contributed by atoms with Gasteiger partial charge in [0, 0.05) is 30.4 Å². The van der Waals surface area contributed by atoms with Crippen molar-refractivity contribution in [3.63, 3.8) is 0 Å². The number of ether oxygens (including phenoxy) is 1. The molecule has 0 heterocycles. The minimum Gasteiger partial charge on any atom is -0.378 e. The van der Waals surface area contributed by atoms with Crippen LogP contribution in [0.2, 0.25) is 0 Å². The normalized spacial score (nSPS) is 28.3. The lowest BCUT2D eigenvalue weighted by Gasteiger charge is -2.58. The highest BCUT2D eigenvalue weighted by Crippen LogP contribution is 2.50. The zero-order valence-corrected chi connectivity index (χ0v) is 16.6. The van der Waals surface area contributed by atoms with Gasteiger partial charge in [-0.25, -0.2) is 4.39 Å². The van der Waals surface area contributed by atoms with Crippen LogP contribution in [-0.4, -0.2) is 30.7 Å². The largest absolute Gasteiger partial charge is 0.378 e. The first kappa shape index (κ1) is 21.1. The number of rotatable bonds is 6. The van der Waals surface area contributed by atoms with Crippen molar-refractivity contribution in [2.75, 3.05) is 13.2 Å². The second-order valence-corrected chi connectivity index (χ2v) is 8.16. The van der Waals surface area contributed by atoms with E-state index < -0.39 is 11.0 Å². The summed E-state index contributed by atoms with van der Waals surface area (Å²) in [5.41, 5.74) is 6.15. The van der Waals surface area contributed by atoms with E-state index in [-0.39, 0.29) is 35.7 Å². The fourth-order valence-electron chi connectivity index (χ4n) is 4.20. The summed E-state index contributed by atoms with van der Waals surface area (Å²) in [4.78, 5) is 12.8. The predicted octanol–water partition coefficient (Wildman–Crippen LogP) is 3.32. The van der Waals surface area contributed by atoms with Crippen molar-refractivity contribution in [1.82, 2.24) is 5.32 Å². The van der Waals surface area contributed by atoms with Crippen molar-refractivity contribution in [1.29, 1.82) is 0 Å². The van der Waals surface area contributed by atoms with Crippen LogP contribution in [0.3, 0.4) is 0 Å². The third-order valence-electron chi connectivity index (χ3n) is 6.59. The summed E-state index contributed by atoms with van der Waals surface area (Å²) in [7, 11) is 0. The van der Waals surface area contributed by atoms with Gasteiger partial charge >= 0.3 is 0 Å². The summed E-state index contributed by atoms with van der Waals surface area (Å²) in [5.74, 6) is -0.344. The molecule has 6 heteroatoms. The van der Waals surface area contributed by atoms with E-state index in [1.807, 2.05) is 32.9 Å². The van der Waals surface area contributed by atoms with Gasteiger partial charge in [-0.2, -0.15) is 0 Å². The highest BCUT2D eigenvalue weighted by Gasteiger charge is 2.63. The molecule has 146 valence electrons. The minimum absolute atomic E-state index is 0. The van der Waals surface area contributed by atoms with E-state index in [1.165, 1.54) is 12.1 Å². The molecular weight excluding hydrogens is 355 g/mol. The molecule has 2 aliphatic rings. The molecule has 0 aliphatic heterocycles. The second-order valence-electron chi connectivity index (χ2n) is 8.16. The Morgan fingerprint density at radius 3 is 2.38 bits per heavy atom. The third kappa shape index (κ3) is 3.25. The molecule has 3 rings (SSSR count). The zero-order valence-electron chi connectivity index (χ0n) is 15.8. The van der Waals surface area contributed by atoms with E-state index in [2.05, 4.69) is 5.32 Å². The lowest BCUT2D eigenvalue weighted by atomic mass is 9.54. The third-order valence-corrected chi connectivity index (χ3v) is 6.59. The summed E-state index contributed by atoms with van der Waals surface area (Å²) >= 11 is 0. The van der Waals surface area contributed by atoms with Crippen LogP contribution < -0.4 is 11.1 Å². The Kier molecular flexibility index (Phi) is 6.06. The van der Waals surface area contributed by atoms with E-state index in [4.69, 9.17) is 10.5 Å². The van der Waals surface area contributed by atoms with Gasteiger partial charge in [-0.1, -0.05) is 32.4 Å². The molecular formula is C20H30ClFN2O2. The lowest BCUT2D eigenvalue weighted by molar-refractivity contribution is -0.171. The number of hydrogen-bond acceptors (Lipinski definition) is 3. The summed E-state index contributed by atoms with van der Waals surface area (Å²) in [5, 5.41) is 3.09. The van der Waals surface area contributed by atoms with Crippen LogP contribution in [0.1, 0.15) is 52.0 Å². The molecule has 0 bridgehead atoms. The number of nitrogens with one attached hydrogen (secondary N) is 1. The van der Waals surface area contributed by atoms with Crippen LogP contribution in [0.4, 0.5) is 4.39 Å². The van der Waals surface area contributed by atoms with Gasteiger partial charge in [-0.05, 0) is 37.5 Å². The van der Waals surface area contributed by atoms with Crippen molar-refractivity contribution in [3.05, 3.63) is 35.6 Å². The van der Waals surface area contributed by atoms with Gasteiger partial charge in [0.2, 0.25) is 5.91 Å². The van der Waals surface area contributed by atoms with Crippen LogP contribution in [0, 0.1) is 11.2 Å². The predicted molar refractivity (Wildman–Crippen MR) is 103 cm³/mol. The Bertz CT molecular complexity index is 646. The Morgan fingerprint density at radius 2 is 1.92 bits per heavy atom. The molecule has 0 radical (unpaired) electrons. The molecule has 26 heavy (non-hydrogen) atoms. The maximum absolute atomic E-state index is 13.2. The number of benzene rings is 1. The Labute approximate surface area is 161 Å². The van der Waals surface area contributed by atoms with Crippen LogP contribution >= 0.6 is 12.4 Å². The van der Waals surface area contributed by atoms with E-state index in [1.54, 1.807) is 0 Å². The average molecular weight is 385 g/mol. The Morgan fingerprint density at radius 1 is 1.31 bits per heavy atom. The van der Waals surface area contributed by atoms with Gasteiger partial charge in [0.05, 0.1) is 6.10 Å². The summed E-state index contributed by atoms with van der Waals surface area (Å²) in [6, 6.07) is 6.64. The second kappa shape index (κ2) is 7.45. The van der Waals surface area contributed by atoms with Crippen molar-refractivity contribution < 1.29 is 13.9 Å². The number of carbonyl (C=O) groups excluding carboxylic acids is 1. The first-order chi connectivity index (χ1) is 11.7. The Balaban J connectivity index is 0.00000243. The first-order valence-corrected chi connectivity index (χ1v) is 9.20. The van der Waals surface area contributed by atoms with E-state index >= 15 is 0 Å². The topological polar surface area (TPSA) is 64.3 Å². The van der Waals surface area contributed by atoms with Crippen molar-refractivity contribution >= 4 is 18.3 Å². The number of carbonyl (C=O) groups is 1. The average Bonchev–Trinajstić information content (AvgIpc) is 2.54. The first-order valence-electron chi connectivity index (χ1n) is 9.20. The smallest absolute Gasteiger partial charge is 0.240 e. The van der Waals surface area contributed by atoms with Gasteiger partial charge in [-0.15, -0.1) is 12.4 Å². The SMILES string of the molecule is CCOC1CC(N)(C(=O)NCC2(c3ccc(F)cc3)CCC2)C1(C)C.Cl. The molecule has 2 atom stereocenters. The highest BCUT2D eigenvalue weighted by atomic mass is 35.5. The monoisotopic (exact) mass is 384 g/mol. The Hall–Kier alpha value is -1.17. The molecule has 2 fully saturated rings. The standard InChI is InChI=1S/C20H29FN2O2.ClH/c1-4-25-16-12-20(22,18(16,2)3)17(24)23-13-19(10-5-11-19)14-6-8-15(21)9-7-14;/h6-9,16H,4-5,10-13,22H2,1-3H3,(H,23,24);1H. The van der Waals surface area contributed by atoms with E-state index in [9.17, 15) is 9.18 Å². The molecule has 2 aliphatic carbocycles. The molecule has 2 saturated carbocycles. The molecule has 3 N–H and O–H groups in total. The maximum Gasteiger partial charge on any atom is 0.240 e. The summed E-state index contributed by atoms with van der Waals surface area (Å²) in [6.07, 6.45) is 3.69. The van der Waals surface area contributed by atoms with Gasteiger partial charge in [0.15, 0.2) is 0 Å². The molecule has 2 unspecified atom stereocenters. The number of nitrogens with two attached hydrogens (primary N) is 1. The zero-order chi connectivity index (χ0) is 18.3. The molecule has 1 aromatic rings. The van der Waals surface area contributed by atoms with Gasteiger partial charge in [-0.3, -0.25) is 4.79 Å². The number of amides is 1. The summed E-state index contributed by atoms with van der Waals surface area (Å²) < 4.78 is 18.9. The van der Waals surface area contributed by atoms with Crippen LogP contribution in [0.25, 0.3) is 0 Å². The molecule has 0 spiro atoms. The van der Waals surface area contributed by atoms with Crippen LogP contribution in [0.15, 0.2) is 24.3 Å². The highest BCUT2D eigenvalue weighted by molar-refractivity contribution is 5.89. The maximum atomic E-state index is 13.2.